The molecule has 2 aliphatic carbocycles. The molecule has 0 spiro atoms. The van der Waals surface area contributed by atoms with Crippen molar-refractivity contribution in [2.24, 2.45) is 11.7 Å². The molecule has 3 heteroatoms. The second-order valence-electron chi connectivity index (χ2n) is 15.6. The topological polar surface area (TPSA) is 43.0 Å². The Kier molecular flexibility index (Phi) is 8.82. The first-order valence-corrected chi connectivity index (χ1v) is 19.5. The van der Waals surface area contributed by atoms with Crippen molar-refractivity contribution in [1.82, 2.24) is 9.88 Å². The standard InChI is InChI=1S/C51H47N3/c1-4-35(48(37-20-10-6-11-21-37)53-50(52)38-22-12-7-13-23-38)31-34-17-16-24-40(32-34)54-46-30-27-39(36-18-8-5-9-19-36)33-43(46)41-28-29-45-47(49(41)54)42-25-14-15-26-44(42)51(45,2)3/h5-6,8-10,12,14-20,22-30,32-33,35,48,50,53H,4,11,21,31,52H2,1-3H3. The van der Waals surface area contributed by atoms with E-state index in [9.17, 15) is 0 Å². The van der Waals surface area contributed by atoms with Crippen molar-refractivity contribution in [2.75, 3.05) is 0 Å². The Morgan fingerprint density at radius 1 is 0.815 bits per heavy atom. The lowest BCUT2D eigenvalue weighted by molar-refractivity contribution is 0.339. The van der Waals surface area contributed by atoms with Gasteiger partial charge in [0.15, 0.2) is 0 Å². The summed E-state index contributed by atoms with van der Waals surface area (Å²) in [5.74, 6) is 0.354. The molecule has 0 fully saturated rings. The fraction of sp³-hybridized carbons (Fsp3) is 0.216. The molecular weight excluding hydrogens is 655 g/mol. The van der Waals surface area contributed by atoms with Gasteiger partial charge in [-0.25, -0.2) is 0 Å². The normalized spacial score (nSPS) is 16.0. The second kappa shape index (κ2) is 14.0. The first kappa shape index (κ1) is 34.1. The van der Waals surface area contributed by atoms with Crippen LogP contribution in [0.4, 0.5) is 0 Å². The predicted octanol–water partition coefficient (Wildman–Crippen LogP) is 11.8. The van der Waals surface area contributed by atoms with E-state index in [1.807, 2.05) is 18.2 Å². The fourth-order valence-electron chi connectivity index (χ4n) is 9.26. The van der Waals surface area contributed by atoms with Crippen LogP contribution in [-0.4, -0.2) is 10.6 Å². The van der Waals surface area contributed by atoms with Gasteiger partial charge in [0.25, 0.3) is 0 Å². The van der Waals surface area contributed by atoms with E-state index >= 15 is 0 Å². The number of hydrogen-bond acceptors (Lipinski definition) is 2. The first-order chi connectivity index (χ1) is 26.4. The third kappa shape index (κ3) is 5.87. The van der Waals surface area contributed by atoms with Crippen molar-refractivity contribution in [2.45, 2.75) is 64.1 Å². The van der Waals surface area contributed by atoms with Crippen LogP contribution in [0.15, 0.2) is 151 Å². The van der Waals surface area contributed by atoms with Crippen LogP contribution in [0.5, 0.6) is 0 Å². The zero-order valence-electron chi connectivity index (χ0n) is 31.4. The molecule has 0 saturated heterocycles. The van der Waals surface area contributed by atoms with E-state index < -0.39 is 0 Å². The highest BCUT2D eigenvalue weighted by molar-refractivity contribution is 6.16. The Labute approximate surface area is 319 Å². The Balaban J connectivity index is 1.18. The van der Waals surface area contributed by atoms with Gasteiger partial charge >= 0.3 is 0 Å². The highest BCUT2D eigenvalue weighted by Crippen LogP contribution is 2.53. The van der Waals surface area contributed by atoms with E-state index in [0.717, 1.165) is 31.2 Å². The minimum absolute atomic E-state index is 0.0886. The maximum Gasteiger partial charge on any atom is 0.0821 e. The van der Waals surface area contributed by atoms with E-state index in [1.54, 1.807) is 0 Å². The minimum Gasteiger partial charge on any atom is -0.312 e. The number of nitrogens with zero attached hydrogens (tertiary/aromatic N) is 1. The van der Waals surface area contributed by atoms with Crippen molar-refractivity contribution in [3.05, 3.63) is 186 Å². The number of nitrogens with one attached hydrogen (secondary N) is 1. The van der Waals surface area contributed by atoms with Crippen LogP contribution in [-0.2, 0) is 11.8 Å². The van der Waals surface area contributed by atoms with Crippen molar-refractivity contribution in [1.29, 1.82) is 0 Å². The Morgan fingerprint density at radius 3 is 2.46 bits per heavy atom. The maximum atomic E-state index is 6.83. The lowest BCUT2D eigenvalue weighted by Crippen LogP contribution is -2.44. The average molecular weight is 702 g/mol. The van der Waals surface area contributed by atoms with Gasteiger partial charge in [-0.05, 0) is 107 Å². The summed E-state index contributed by atoms with van der Waals surface area (Å²) in [6, 6.07) is 52.9. The largest absolute Gasteiger partial charge is 0.312 e. The van der Waals surface area contributed by atoms with Crippen LogP contribution in [0.3, 0.4) is 0 Å². The summed E-state index contributed by atoms with van der Waals surface area (Å²) in [4.78, 5) is 0. The third-order valence-electron chi connectivity index (χ3n) is 12.1. The van der Waals surface area contributed by atoms with Gasteiger partial charge in [0.05, 0.1) is 17.2 Å². The molecule has 3 N–H and O–H groups in total. The molecule has 3 nitrogen and oxygen atoms in total. The van der Waals surface area contributed by atoms with Crippen molar-refractivity contribution >= 4 is 21.8 Å². The lowest BCUT2D eigenvalue weighted by Gasteiger charge is -2.33. The number of rotatable bonds is 10. The van der Waals surface area contributed by atoms with Gasteiger partial charge in [0.2, 0.25) is 0 Å². The van der Waals surface area contributed by atoms with Crippen LogP contribution in [0.25, 0.3) is 49.7 Å². The highest BCUT2D eigenvalue weighted by atomic mass is 15.1. The second-order valence-corrected chi connectivity index (χ2v) is 15.6. The summed E-state index contributed by atoms with van der Waals surface area (Å²) in [5.41, 5.74) is 22.2. The molecule has 0 radical (unpaired) electrons. The monoisotopic (exact) mass is 701 g/mol. The van der Waals surface area contributed by atoms with Crippen LogP contribution >= 0.6 is 0 Å². The van der Waals surface area contributed by atoms with E-state index in [0.29, 0.717) is 5.92 Å². The Morgan fingerprint density at radius 2 is 1.67 bits per heavy atom. The molecule has 6 aromatic carbocycles. The van der Waals surface area contributed by atoms with Crippen molar-refractivity contribution in [3.63, 3.8) is 0 Å². The van der Waals surface area contributed by atoms with Crippen LogP contribution < -0.4 is 11.1 Å². The maximum absolute atomic E-state index is 6.83. The Bertz CT molecular complexity index is 2540. The van der Waals surface area contributed by atoms with Gasteiger partial charge in [0, 0.05) is 33.5 Å². The summed E-state index contributed by atoms with van der Waals surface area (Å²) >= 11 is 0. The van der Waals surface area contributed by atoms with Gasteiger partial charge in [-0.15, -0.1) is 0 Å². The zero-order chi connectivity index (χ0) is 36.8. The molecule has 3 atom stereocenters. The number of benzene rings is 5. The third-order valence-corrected chi connectivity index (χ3v) is 12.1. The average Bonchev–Trinajstić information content (AvgIpc) is 3.68. The molecule has 266 valence electrons. The summed E-state index contributed by atoms with van der Waals surface area (Å²) in [6.07, 6.45) is 10.6. The van der Waals surface area contributed by atoms with E-state index in [2.05, 4.69) is 170 Å². The molecule has 7 aromatic rings. The van der Waals surface area contributed by atoms with Gasteiger partial charge in [0.1, 0.15) is 0 Å². The van der Waals surface area contributed by atoms with Gasteiger partial charge in [-0.2, -0.15) is 0 Å². The number of hydrogen-bond donors (Lipinski definition) is 2. The molecular formula is C51H47N3. The van der Waals surface area contributed by atoms with Crippen LogP contribution in [0.2, 0.25) is 0 Å². The highest BCUT2D eigenvalue weighted by Gasteiger charge is 2.37. The first-order valence-electron chi connectivity index (χ1n) is 19.5. The van der Waals surface area contributed by atoms with E-state index in [-0.39, 0.29) is 17.6 Å². The molecule has 9 rings (SSSR count). The quantitative estimate of drug-likeness (QED) is 0.139. The van der Waals surface area contributed by atoms with Crippen molar-refractivity contribution in [3.8, 4) is 27.9 Å². The fourth-order valence-corrected chi connectivity index (χ4v) is 9.26. The number of fused-ring (bicyclic) bond motifs is 7. The van der Waals surface area contributed by atoms with E-state index in [4.69, 9.17) is 5.73 Å². The predicted molar refractivity (Wildman–Crippen MR) is 226 cm³/mol. The molecule has 2 aliphatic rings. The smallest absolute Gasteiger partial charge is 0.0821 e. The summed E-state index contributed by atoms with van der Waals surface area (Å²) in [7, 11) is 0. The molecule has 3 unspecified atom stereocenters. The van der Waals surface area contributed by atoms with Gasteiger partial charge in [-0.3, -0.25) is 5.32 Å². The summed E-state index contributed by atoms with van der Waals surface area (Å²) in [5, 5.41) is 6.43. The molecule has 0 bridgehead atoms. The van der Waals surface area contributed by atoms with E-state index in [1.165, 1.54) is 72.0 Å². The molecule has 0 saturated carbocycles. The summed E-state index contributed by atoms with van der Waals surface area (Å²) < 4.78 is 2.55. The molecule has 0 amide bonds. The van der Waals surface area contributed by atoms with Crippen molar-refractivity contribution < 1.29 is 0 Å². The van der Waals surface area contributed by atoms with Gasteiger partial charge < -0.3 is 10.3 Å². The molecule has 54 heavy (non-hydrogen) atoms. The van der Waals surface area contributed by atoms with Crippen LogP contribution in [0, 0.1) is 18.1 Å². The summed E-state index contributed by atoms with van der Waals surface area (Å²) in [6.45, 7) is 7.06. The van der Waals surface area contributed by atoms with Crippen LogP contribution in [0.1, 0.15) is 68.5 Å². The SMILES string of the molecule is CCC(Cc1cccc(-n2c3ccc(-c4ccccc4)cc3c3ccc4c(c32)-c2ccccc2C4(C)C)c1)C(NC(N)c1cc#ccc1)C1=CC=CCC1. The number of allylic oxidation sites excluding steroid dienone is 3. The Hall–Kier alpha value is -5.66. The molecule has 1 aromatic heterocycles. The molecule has 1 heterocycles. The lowest BCUT2D eigenvalue weighted by atomic mass is 9.82. The molecule has 0 aliphatic heterocycles. The zero-order valence-corrected chi connectivity index (χ0v) is 31.4. The minimum atomic E-state index is -0.291. The number of nitrogens with two attached hydrogens (primary N) is 1. The number of aromatic nitrogens is 1. The van der Waals surface area contributed by atoms with Gasteiger partial charge in [-0.1, -0.05) is 148 Å².